The van der Waals surface area contributed by atoms with Crippen LogP contribution in [0.15, 0.2) is 46.9 Å². The zero-order chi connectivity index (χ0) is 19.6. The van der Waals surface area contributed by atoms with Crippen LogP contribution < -0.4 is 14.4 Å². The third-order valence-electron chi connectivity index (χ3n) is 4.21. The van der Waals surface area contributed by atoms with Gasteiger partial charge in [0.1, 0.15) is 0 Å². The minimum Gasteiger partial charge on any atom is -0.493 e. The lowest BCUT2D eigenvalue weighted by Crippen LogP contribution is -2.27. The summed E-state index contributed by atoms with van der Waals surface area (Å²) >= 11 is 3.44. The summed E-state index contributed by atoms with van der Waals surface area (Å²) in [5.74, 6) is 0.879. The van der Waals surface area contributed by atoms with Crippen molar-refractivity contribution < 1.29 is 14.3 Å². The molecule has 8 heteroatoms. The van der Waals surface area contributed by atoms with E-state index in [4.69, 9.17) is 9.47 Å². The zero-order valence-corrected chi connectivity index (χ0v) is 17.0. The van der Waals surface area contributed by atoms with Gasteiger partial charge in [-0.15, -0.1) is 5.10 Å². The second-order valence-corrected chi connectivity index (χ2v) is 6.73. The fourth-order valence-corrected chi connectivity index (χ4v) is 3.08. The fourth-order valence-electron chi connectivity index (χ4n) is 2.69. The summed E-state index contributed by atoms with van der Waals surface area (Å²) in [7, 11) is 4.80. The van der Waals surface area contributed by atoms with Crippen molar-refractivity contribution in [3.05, 3.63) is 58.3 Å². The number of ether oxygens (including phenoxy) is 2. The van der Waals surface area contributed by atoms with Gasteiger partial charge >= 0.3 is 0 Å². The van der Waals surface area contributed by atoms with Gasteiger partial charge in [0.2, 0.25) is 0 Å². The maximum absolute atomic E-state index is 13.0. The molecule has 0 atom stereocenters. The van der Waals surface area contributed by atoms with Gasteiger partial charge in [0.25, 0.3) is 5.91 Å². The topological polar surface area (TPSA) is 69.5 Å². The van der Waals surface area contributed by atoms with Gasteiger partial charge in [0, 0.05) is 23.3 Å². The number of aromatic nitrogens is 3. The number of hydrogen-bond acceptors (Lipinski definition) is 5. The van der Waals surface area contributed by atoms with Crippen molar-refractivity contribution in [3.63, 3.8) is 0 Å². The lowest BCUT2D eigenvalue weighted by atomic mass is 10.2. The van der Waals surface area contributed by atoms with Gasteiger partial charge in [0.15, 0.2) is 17.2 Å². The Labute approximate surface area is 165 Å². The van der Waals surface area contributed by atoms with E-state index in [1.807, 2.05) is 31.2 Å². The highest BCUT2D eigenvalue weighted by atomic mass is 79.9. The minimum atomic E-state index is -0.263. The second-order valence-electron chi connectivity index (χ2n) is 5.82. The van der Waals surface area contributed by atoms with Crippen LogP contribution in [0.4, 0.5) is 5.69 Å². The van der Waals surface area contributed by atoms with E-state index >= 15 is 0 Å². The van der Waals surface area contributed by atoms with Crippen LogP contribution in [-0.2, 0) is 0 Å². The van der Waals surface area contributed by atoms with Gasteiger partial charge in [-0.3, -0.25) is 4.79 Å². The molecule has 0 aliphatic carbocycles. The highest BCUT2D eigenvalue weighted by Crippen LogP contribution is 2.31. The molecule has 0 bridgehead atoms. The first-order chi connectivity index (χ1) is 13.0. The number of benzene rings is 2. The number of amides is 1. The summed E-state index contributed by atoms with van der Waals surface area (Å²) in [6.45, 7) is 1.82. The number of carbonyl (C=O) groups excluding carboxylic acids is 1. The van der Waals surface area contributed by atoms with Crippen LogP contribution in [0.25, 0.3) is 5.69 Å². The predicted molar refractivity (Wildman–Crippen MR) is 106 cm³/mol. The molecule has 3 rings (SSSR count). The van der Waals surface area contributed by atoms with Crippen LogP contribution in [0.5, 0.6) is 11.5 Å². The van der Waals surface area contributed by atoms with E-state index in [1.165, 1.54) is 4.90 Å². The van der Waals surface area contributed by atoms with E-state index in [0.717, 1.165) is 10.2 Å². The Morgan fingerprint density at radius 1 is 1.11 bits per heavy atom. The van der Waals surface area contributed by atoms with E-state index in [9.17, 15) is 4.79 Å². The van der Waals surface area contributed by atoms with Gasteiger partial charge < -0.3 is 14.4 Å². The number of nitrogens with zero attached hydrogens (tertiary/aromatic N) is 4. The first-order valence-corrected chi connectivity index (χ1v) is 8.94. The molecule has 1 amide bonds. The van der Waals surface area contributed by atoms with Gasteiger partial charge in [-0.25, -0.2) is 4.68 Å². The summed E-state index contributed by atoms with van der Waals surface area (Å²) < 4.78 is 13.1. The van der Waals surface area contributed by atoms with Crippen molar-refractivity contribution in [2.45, 2.75) is 6.92 Å². The molecular weight excluding hydrogens is 412 g/mol. The van der Waals surface area contributed by atoms with Gasteiger partial charge in [-0.05, 0) is 37.3 Å². The van der Waals surface area contributed by atoms with E-state index < -0.39 is 0 Å². The molecule has 140 valence electrons. The Morgan fingerprint density at radius 2 is 1.85 bits per heavy atom. The molecule has 0 aliphatic rings. The molecule has 2 aromatic carbocycles. The second kappa shape index (κ2) is 7.79. The molecule has 7 nitrogen and oxygen atoms in total. The largest absolute Gasteiger partial charge is 0.493 e. The number of methoxy groups -OCH3 is 2. The Bertz CT molecular complexity index is 987. The number of halogens is 1. The SMILES string of the molecule is COc1ccc(N(C)C(=O)c2nnn(-c3cccc(Br)c3)c2C)cc1OC. The third-order valence-corrected chi connectivity index (χ3v) is 4.70. The number of carbonyl (C=O) groups is 1. The minimum absolute atomic E-state index is 0.263. The van der Waals surface area contributed by atoms with E-state index in [0.29, 0.717) is 22.9 Å². The van der Waals surface area contributed by atoms with E-state index in [2.05, 4.69) is 26.2 Å². The first kappa shape index (κ1) is 18.9. The van der Waals surface area contributed by atoms with Crippen molar-refractivity contribution in [2.75, 3.05) is 26.2 Å². The Hall–Kier alpha value is -2.87. The molecule has 0 radical (unpaired) electrons. The summed E-state index contributed by atoms with van der Waals surface area (Å²) in [6, 6.07) is 12.9. The van der Waals surface area contributed by atoms with Crippen LogP contribution in [0.1, 0.15) is 16.2 Å². The van der Waals surface area contributed by atoms with Gasteiger partial charge in [-0.2, -0.15) is 0 Å². The Balaban J connectivity index is 1.92. The van der Waals surface area contributed by atoms with Crippen LogP contribution in [-0.4, -0.2) is 42.2 Å². The molecule has 1 aromatic heterocycles. The smallest absolute Gasteiger partial charge is 0.280 e. The fraction of sp³-hybridized carbons (Fsp3) is 0.211. The van der Waals surface area contributed by atoms with Crippen molar-refractivity contribution in [3.8, 4) is 17.2 Å². The summed E-state index contributed by atoms with van der Waals surface area (Å²) in [6.07, 6.45) is 0. The lowest BCUT2D eigenvalue weighted by molar-refractivity contribution is 0.0987. The highest BCUT2D eigenvalue weighted by Gasteiger charge is 2.22. The summed E-state index contributed by atoms with van der Waals surface area (Å²) in [5, 5.41) is 8.23. The van der Waals surface area contributed by atoms with E-state index in [-0.39, 0.29) is 11.6 Å². The number of anilines is 1. The molecule has 27 heavy (non-hydrogen) atoms. The summed E-state index contributed by atoms with van der Waals surface area (Å²) in [5.41, 5.74) is 2.42. The molecular formula is C19H19BrN4O3. The van der Waals surface area contributed by atoms with Crippen molar-refractivity contribution in [1.82, 2.24) is 15.0 Å². The van der Waals surface area contributed by atoms with Gasteiger partial charge in [-0.1, -0.05) is 27.2 Å². The summed E-state index contributed by atoms with van der Waals surface area (Å²) in [4.78, 5) is 14.5. The molecule has 0 aliphatic heterocycles. The normalized spacial score (nSPS) is 10.6. The third kappa shape index (κ3) is 3.66. The quantitative estimate of drug-likeness (QED) is 0.617. The Morgan fingerprint density at radius 3 is 2.52 bits per heavy atom. The average Bonchev–Trinajstić information content (AvgIpc) is 3.07. The molecule has 0 saturated carbocycles. The zero-order valence-electron chi connectivity index (χ0n) is 15.4. The van der Waals surface area contributed by atoms with Crippen LogP contribution in [0, 0.1) is 6.92 Å². The maximum atomic E-state index is 13.0. The van der Waals surface area contributed by atoms with Crippen LogP contribution >= 0.6 is 15.9 Å². The van der Waals surface area contributed by atoms with Crippen LogP contribution in [0.3, 0.4) is 0 Å². The number of rotatable bonds is 5. The molecule has 0 fully saturated rings. The van der Waals surface area contributed by atoms with Crippen molar-refractivity contribution >= 4 is 27.5 Å². The molecule has 0 saturated heterocycles. The van der Waals surface area contributed by atoms with E-state index in [1.54, 1.807) is 44.1 Å². The molecule has 0 N–H and O–H groups in total. The van der Waals surface area contributed by atoms with Gasteiger partial charge in [0.05, 0.1) is 25.6 Å². The maximum Gasteiger partial charge on any atom is 0.280 e. The monoisotopic (exact) mass is 430 g/mol. The number of hydrogen-bond donors (Lipinski definition) is 0. The van der Waals surface area contributed by atoms with Crippen molar-refractivity contribution in [2.24, 2.45) is 0 Å². The molecule has 0 spiro atoms. The highest BCUT2D eigenvalue weighted by molar-refractivity contribution is 9.10. The van der Waals surface area contributed by atoms with Crippen LogP contribution in [0.2, 0.25) is 0 Å². The lowest BCUT2D eigenvalue weighted by Gasteiger charge is -2.18. The van der Waals surface area contributed by atoms with Crippen molar-refractivity contribution in [1.29, 1.82) is 0 Å². The first-order valence-electron chi connectivity index (χ1n) is 8.14. The predicted octanol–water partition coefficient (Wildman–Crippen LogP) is 3.63. The molecule has 1 heterocycles. The average molecular weight is 431 g/mol. The molecule has 3 aromatic rings. The standard InChI is InChI=1S/C19H19BrN4O3/c1-12-18(21-22-24(12)15-7-5-6-13(20)10-15)19(25)23(2)14-8-9-16(26-3)17(11-14)27-4/h5-11H,1-4H3. The molecule has 0 unspecified atom stereocenters. The Kier molecular flexibility index (Phi) is 5.46.